The molecule has 0 aliphatic carbocycles. The number of benzene rings is 3. The number of nitrogens with one attached hydrogen (secondary N) is 2. The number of rotatable bonds is 7. The lowest BCUT2D eigenvalue weighted by Gasteiger charge is -2.11. The fraction of sp³-hybridized carbons (Fsp3) is 0.0870. The zero-order valence-corrected chi connectivity index (χ0v) is 17.0. The van der Waals surface area contributed by atoms with Gasteiger partial charge in [-0.15, -0.1) is 0 Å². The van der Waals surface area contributed by atoms with Crippen LogP contribution in [0.1, 0.15) is 26.3 Å². The van der Waals surface area contributed by atoms with Crippen LogP contribution in [0.2, 0.25) is 0 Å². The second kappa shape index (κ2) is 9.98. The largest absolute Gasteiger partial charge is 0.452 e. The molecule has 9 nitrogen and oxygen atoms in total. The molecular formula is C23H19N3O6. The fourth-order valence-electron chi connectivity index (χ4n) is 2.82. The number of amides is 2. The number of carbonyl (C=O) groups is 3. The van der Waals surface area contributed by atoms with Crippen molar-refractivity contribution in [3.63, 3.8) is 0 Å². The summed E-state index contributed by atoms with van der Waals surface area (Å²) >= 11 is 0. The zero-order valence-electron chi connectivity index (χ0n) is 17.0. The molecule has 3 aromatic rings. The Hall–Kier alpha value is -4.53. The molecule has 3 rings (SSSR count). The van der Waals surface area contributed by atoms with Gasteiger partial charge in [0.05, 0.1) is 16.2 Å². The first-order chi connectivity index (χ1) is 15.3. The van der Waals surface area contributed by atoms with E-state index in [4.69, 9.17) is 4.74 Å². The van der Waals surface area contributed by atoms with Crippen LogP contribution in [0.25, 0.3) is 0 Å². The second-order valence-electron chi connectivity index (χ2n) is 6.80. The Balaban J connectivity index is 1.61. The van der Waals surface area contributed by atoms with Gasteiger partial charge in [0, 0.05) is 23.4 Å². The van der Waals surface area contributed by atoms with Crippen LogP contribution in [-0.4, -0.2) is 29.3 Å². The maximum absolute atomic E-state index is 12.5. The van der Waals surface area contributed by atoms with Crippen molar-refractivity contribution < 1.29 is 24.0 Å². The molecule has 0 aliphatic heterocycles. The molecule has 0 heterocycles. The first-order valence-electron chi connectivity index (χ1n) is 9.52. The highest BCUT2D eigenvalue weighted by Crippen LogP contribution is 2.18. The average molecular weight is 433 g/mol. The van der Waals surface area contributed by atoms with Gasteiger partial charge >= 0.3 is 5.97 Å². The van der Waals surface area contributed by atoms with Gasteiger partial charge in [-0.25, -0.2) is 4.79 Å². The maximum Gasteiger partial charge on any atom is 0.340 e. The van der Waals surface area contributed by atoms with Gasteiger partial charge in [0.15, 0.2) is 6.61 Å². The second-order valence-corrected chi connectivity index (χ2v) is 6.80. The molecule has 0 radical (unpaired) electrons. The SMILES string of the molecule is Cc1cccc(C(=O)Nc2ccccc2C(=O)OCC(=O)Nc2ccc([N+](=O)[O-])cc2)c1. The predicted molar refractivity (Wildman–Crippen MR) is 118 cm³/mol. The number of esters is 1. The van der Waals surface area contributed by atoms with Gasteiger partial charge in [0.1, 0.15) is 0 Å². The van der Waals surface area contributed by atoms with Crippen LogP contribution < -0.4 is 10.6 Å². The van der Waals surface area contributed by atoms with E-state index < -0.39 is 23.4 Å². The molecule has 32 heavy (non-hydrogen) atoms. The first kappa shape index (κ1) is 22.2. The third-order valence-electron chi connectivity index (χ3n) is 4.37. The zero-order chi connectivity index (χ0) is 23.1. The summed E-state index contributed by atoms with van der Waals surface area (Å²) in [7, 11) is 0. The third kappa shape index (κ3) is 5.76. The summed E-state index contributed by atoms with van der Waals surface area (Å²) in [6, 6.07) is 18.5. The molecule has 0 atom stereocenters. The van der Waals surface area contributed by atoms with Crippen LogP contribution in [0.4, 0.5) is 17.1 Å². The minimum absolute atomic E-state index is 0.0941. The van der Waals surface area contributed by atoms with Crippen molar-refractivity contribution in [3.8, 4) is 0 Å². The Morgan fingerprint density at radius 2 is 1.66 bits per heavy atom. The van der Waals surface area contributed by atoms with Crippen LogP contribution >= 0.6 is 0 Å². The van der Waals surface area contributed by atoms with E-state index in [1.54, 1.807) is 36.4 Å². The van der Waals surface area contributed by atoms with Crippen molar-refractivity contribution >= 4 is 34.8 Å². The Kier molecular flexibility index (Phi) is 6.92. The number of anilines is 2. The van der Waals surface area contributed by atoms with Crippen LogP contribution in [0.5, 0.6) is 0 Å². The minimum atomic E-state index is -0.788. The monoisotopic (exact) mass is 433 g/mol. The lowest BCUT2D eigenvalue weighted by molar-refractivity contribution is -0.384. The molecule has 0 saturated heterocycles. The quantitative estimate of drug-likeness (QED) is 0.330. The van der Waals surface area contributed by atoms with Crippen LogP contribution in [0.3, 0.4) is 0 Å². The van der Waals surface area contributed by atoms with Crippen molar-refractivity contribution in [2.45, 2.75) is 6.92 Å². The average Bonchev–Trinajstić information content (AvgIpc) is 2.78. The molecule has 0 spiro atoms. The van der Waals surface area contributed by atoms with Gasteiger partial charge in [-0.05, 0) is 43.3 Å². The Morgan fingerprint density at radius 3 is 2.34 bits per heavy atom. The molecule has 0 fully saturated rings. The summed E-state index contributed by atoms with van der Waals surface area (Å²) in [5.41, 5.74) is 1.91. The third-order valence-corrected chi connectivity index (χ3v) is 4.37. The minimum Gasteiger partial charge on any atom is -0.452 e. The van der Waals surface area contributed by atoms with Gasteiger partial charge in [0.25, 0.3) is 17.5 Å². The number of carbonyl (C=O) groups excluding carboxylic acids is 3. The fourth-order valence-corrected chi connectivity index (χ4v) is 2.82. The van der Waals surface area contributed by atoms with Gasteiger partial charge < -0.3 is 15.4 Å². The number of ether oxygens (including phenoxy) is 1. The summed E-state index contributed by atoms with van der Waals surface area (Å²) < 4.78 is 5.06. The molecule has 9 heteroatoms. The van der Waals surface area contributed by atoms with Crippen molar-refractivity contribution in [1.82, 2.24) is 0 Å². The van der Waals surface area contributed by atoms with Crippen molar-refractivity contribution in [2.75, 3.05) is 17.2 Å². The highest BCUT2D eigenvalue weighted by Gasteiger charge is 2.17. The van der Waals surface area contributed by atoms with Crippen LogP contribution in [0.15, 0.2) is 72.8 Å². The number of nitro groups is 1. The lowest BCUT2D eigenvalue weighted by atomic mass is 10.1. The van der Waals surface area contributed by atoms with Crippen molar-refractivity contribution in [2.24, 2.45) is 0 Å². The molecule has 0 aliphatic rings. The van der Waals surface area contributed by atoms with E-state index in [2.05, 4.69) is 10.6 Å². The molecule has 0 saturated carbocycles. The number of aryl methyl sites for hydroxylation is 1. The Morgan fingerprint density at radius 1 is 0.938 bits per heavy atom. The molecule has 2 N–H and O–H groups in total. The molecule has 0 unspecified atom stereocenters. The van der Waals surface area contributed by atoms with Crippen molar-refractivity contribution in [3.05, 3.63) is 99.6 Å². The summed E-state index contributed by atoms with van der Waals surface area (Å²) in [5.74, 6) is -1.79. The highest BCUT2D eigenvalue weighted by molar-refractivity contribution is 6.08. The molecule has 2 amide bonds. The molecule has 0 bridgehead atoms. The highest BCUT2D eigenvalue weighted by atomic mass is 16.6. The molecule has 162 valence electrons. The summed E-state index contributed by atoms with van der Waals surface area (Å²) in [6.07, 6.45) is 0. The topological polar surface area (TPSA) is 128 Å². The number of non-ortho nitro benzene ring substituents is 1. The van der Waals surface area contributed by atoms with Gasteiger partial charge in [-0.1, -0.05) is 29.8 Å². The van der Waals surface area contributed by atoms with E-state index in [0.717, 1.165) is 5.56 Å². The van der Waals surface area contributed by atoms with Gasteiger partial charge in [-0.3, -0.25) is 19.7 Å². The van der Waals surface area contributed by atoms with E-state index in [1.165, 1.54) is 30.3 Å². The van der Waals surface area contributed by atoms with Crippen LogP contribution in [-0.2, 0) is 9.53 Å². The number of hydrogen-bond acceptors (Lipinski definition) is 6. The predicted octanol–water partition coefficient (Wildman–Crippen LogP) is 3.95. The number of nitro benzene ring substituents is 1. The Bertz CT molecular complexity index is 1170. The van der Waals surface area contributed by atoms with E-state index in [0.29, 0.717) is 11.3 Å². The van der Waals surface area contributed by atoms with E-state index in [-0.39, 0.29) is 22.8 Å². The van der Waals surface area contributed by atoms with Crippen LogP contribution in [0, 0.1) is 17.0 Å². The van der Waals surface area contributed by atoms with E-state index >= 15 is 0 Å². The van der Waals surface area contributed by atoms with Gasteiger partial charge in [0.2, 0.25) is 0 Å². The normalized spacial score (nSPS) is 10.2. The van der Waals surface area contributed by atoms with E-state index in [9.17, 15) is 24.5 Å². The molecule has 0 aromatic heterocycles. The number of nitrogens with zero attached hydrogens (tertiary/aromatic N) is 1. The summed E-state index contributed by atoms with van der Waals surface area (Å²) in [5, 5.41) is 15.8. The maximum atomic E-state index is 12.5. The molecule has 3 aromatic carbocycles. The lowest BCUT2D eigenvalue weighted by Crippen LogP contribution is -2.22. The Labute approximate surface area is 183 Å². The first-order valence-corrected chi connectivity index (χ1v) is 9.52. The standard InChI is InChI=1S/C23H19N3O6/c1-15-5-4-6-16(13-15)22(28)25-20-8-3-2-7-19(20)23(29)32-14-21(27)24-17-9-11-18(12-10-17)26(30)31/h2-13H,14H2,1H3,(H,24,27)(H,25,28). The smallest absolute Gasteiger partial charge is 0.340 e. The van der Waals surface area contributed by atoms with Gasteiger partial charge in [-0.2, -0.15) is 0 Å². The van der Waals surface area contributed by atoms with Crippen molar-refractivity contribution in [1.29, 1.82) is 0 Å². The van der Waals surface area contributed by atoms with E-state index in [1.807, 2.05) is 13.0 Å². The number of hydrogen-bond donors (Lipinski definition) is 2. The summed E-state index contributed by atoms with van der Waals surface area (Å²) in [4.78, 5) is 47.2. The summed E-state index contributed by atoms with van der Waals surface area (Å²) in [6.45, 7) is 1.29. The molecular weight excluding hydrogens is 414 g/mol. The number of para-hydroxylation sites is 1.